The molecule has 0 radical (unpaired) electrons. The molecule has 1 aromatic heterocycles. The fraction of sp³-hybridized carbons (Fsp3) is 0.250. The number of hydrogen-bond acceptors (Lipinski definition) is 3. The maximum absolute atomic E-state index is 11.9. The van der Waals surface area contributed by atoms with Gasteiger partial charge in [-0.05, 0) is 28.1 Å². The van der Waals surface area contributed by atoms with Crippen molar-refractivity contribution in [3.63, 3.8) is 0 Å². The van der Waals surface area contributed by atoms with Crippen LogP contribution in [0, 0.1) is 0 Å². The van der Waals surface area contributed by atoms with Gasteiger partial charge in [-0.2, -0.15) is 5.10 Å². The van der Waals surface area contributed by atoms with Gasteiger partial charge in [-0.3, -0.25) is 19.7 Å². The number of aromatic nitrogens is 2. The van der Waals surface area contributed by atoms with Gasteiger partial charge in [-0.15, -0.1) is 0 Å². The number of aryl methyl sites for hydroxylation is 1. The number of hydrogen-bond donors (Lipinski definition) is 1. The lowest BCUT2D eigenvalue weighted by molar-refractivity contribution is -0.120. The maximum atomic E-state index is 11.9. The van der Waals surface area contributed by atoms with Crippen molar-refractivity contribution in [2.24, 2.45) is 7.05 Å². The summed E-state index contributed by atoms with van der Waals surface area (Å²) in [7, 11) is 1.83. The number of amides is 3. The largest absolute Gasteiger partial charge is 0.328 e. The highest BCUT2D eigenvalue weighted by molar-refractivity contribution is 9.10. The Morgan fingerprint density at radius 3 is 2.89 bits per heavy atom. The lowest BCUT2D eigenvalue weighted by Crippen LogP contribution is -2.49. The predicted molar refractivity (Wildman–Crippen MR) is 73.9 cm³/mol. The van der Waals surface area contributed by atoms with E-state index in [4.69, 9.17) is 0 Å². The second-order valence-corrected chi connectivity index (χ2v) is 5.24. The summed E-state index contributed by atoms with van der Waals surface area (Å²) in [6.07, 6.45) is 2.17. The fourth-order valence-corrected chi connectivity index (χ4v) is 2.63. The van der Waals surface area contributed by atoms with Crippen molar-refractivity contribution in [3.05, 3.63) is 22.8 Å². The molecule has 98 valence electrons. The van der Waals surface area contributed by atoms with Crippen LogP contribution in [0.15, 0.2) is 22.8 Å². The van der Waals surface area contributed by atoms with Crippen molar-refractivity contribution in [3.8, 4) is 0 Å². The Morgan fingerprint density at radius 2 is 2.16 bits per heavy atom. The van der Waals surface area contributed by atoms with Crippen LogP contribution in [0.3, 0.4) is 0 Å². The third-order valence-corrected chi connectivity index (χ3v) is 3.70. The standard InChI is InChI=1S/C12H11BrN4O2/c1-16-6-7-9(3-2-8(13)11(7)15-16)17-5-4-10(18)14-12(17)19/h2-3,6H,4-5H2,1H3,(H,14,18,19). The zero-order chi connectivity index (χ0) is 13.6. The first-order valence-electron chi connectivity index (χ1n) is 5.79. The number of carbonyl (C=O) groups excluding carboxylic acids is 2. The third kappa shape index (κ3) is 1.99. The molecule has 0 saturated carbocycles. The molecule has 0 bridgehead atoms. The van der Waals surface area contributed by atoms with Gasteiger partial charge in [0.25, 0.3) is 0 Å². The van der Waals surface area contributed by atoms with Gasteiger partial charge in [0.15, 0.2) is 0 Å². The minimum Gasteiger partial charge on any atom is -0.293 e. The number of imide groups is 1. The van der Waals surface area contributed by atoms with Crippen LogP contribution in [0.25, 0.3) is 10.9 Å². The molecule has 0 unspecified atom stereocenters. The summed E-state index contributed by atoms with van der Waals surface area (Å²) in [6, 6.07) is 3.32. The number of rotatable bonds is 1. The Balaban J connectivity index is 2.12. The van der Waals surface area contributed by atoms with E-state index in [0.29, 0.717) is 13.0 Å². The highest BCUT2D eigenvalue weighted by atomic mass is 79.9. The summed E-state index contributed by atoms with van der Waals surface area (Å²) < 4.78 is 2.58. The molecule has 0 spiro atoms. The highest BCUT2D eigenvalue weighted by Gasteiger charge is 2.26. The second kappa shape index (κ2) is 4.34. The Hall–Kier alpha value is -1.89. The minimum atomic E-state index is -0.385. The lowest BCUT2D eigenvalue weighted by Gasteiger charge is -2.27. The molecule has 0 aliphatic carbocycles. The van der Waals surface area contributed by atoms with Gasteiger partial charge in [-0.25, -0.2) is 4.79 Å². The number of fused-ring (bicyclic) bond motifs is 1. The van der Waals surface area contributed by atoms with Crippen molar-refractivity contribution in [1.29, 1.82) is 0 Å². The van der Waals surface area contributed by atoms with Crippen LogP contribution in [0.4, 0.5) is 10.5 Å². The average Bonchev–Trinajstić information content (AvgIpc) is 2.73. The Bertz CT molecular complexity index is 694. The van der Waals surface area contributed by atoms with Crippen molar-refractivity contribution in [2.45, 2.75) is 6.42 Å². The normalized spacial score (nSPS) is 16.0. The van der Waals surface area contributed by atoms with E-state index in [2.05, 4.69) is 26.3 Å². The molecule has 7 heteroatoms. The molecular formula is C12H11BrN4O2. The van der Waals surface area contributed by atoms with Gasteiger partial charge in [0.05, 0.1) is 5.69 Å². The maximum Gasteiger partial charge on any atom is 0.328 e. The van der Waals surface area contributed by atoms with E-state index >= 15 is 0 Å². The highest BCUT2D eigenvalue weighted by Crippen LogP contribution is 2.32. The van der Waals surface area contributed by atoms with Crippen LogP contribution >= 0.6 is 15.9 Å². The van der Waals surface area contributed by atoms with E-state index in [1.807, 2.05) is 25.4 Å². The van der Waals surface area contributed by atoms with Gasteiger partial charge in [0.2, 0.25) is 5.91 Å². The van der Waals surface area contributed by atoms with E-state index in [-0.39, 0.29) is 11.9 Å². The van der Waals surface area contributed by atoms with Gasteiger partial charge >= 0.3 is 6.03 Å². The van der Waals surface area contributed by atoms with E-state index in [1.54, 1.807) is 9.58 Å². The topological polar surface area (TPSA) is 67.2 Å². The SMILES string of the molecule is Cn1cc2c(N3CCC(=O)NC3=O)ccc(Br)c2n1. The van der Waals surface area contributed by atoms with E-state index in [1.165, 1.54) is 0 Å². The van der Waals surface area contributed by atoms with E-state index in [0.717, 1.165) is 21.1 Å². The smallest absolute Gasteiger partial charge is 0.293 e. The number of benzene rings is 1. The number of carbonyl (C=O) groups is 2. The van der Waals surface area contributed by atoms with Crippen LogP contribution < -0.4 is 10.2 Å². The van der Waals surface area contributed by atoms with Crippen LogP contribution in [-0.2, 0) is 11.8 Å². The monoisotopic (exact) mass is 322 g/mol. The summed E-state index contributed by atoms with van der Waals surface area (Å²) in [5.41, 5.74) is 1.56. The molecule has 1 fully saturated rings. The predicted octanol–water partition coefficient (Wildman–Crippen LogP) is 1.78. The van der Waals surface area contributed by atoms with Crippen molar-refractivity contribution >= 4 is 44.5 Å². The Morgan fingerprint density at radius 1 is 1.37 bits per heavy atom. The summed E-state index contributed by atoms with van der Waals surface area (Å²) in [5.74, 6) is -0.235. The first kappa shape index (κ1) is 12.2. The summed E-state index contributed by atoms with van der Waals surface area (Å²) in [6.45, 7) is 0.385. The molecule has 6 nitrogen and oxygen atoms in total. The molecule has 1 aliphatic rings. The molecule has 1 aliphatic heterocycles. The van der Waals surface area contributed by atoms with Crippen molar-refractivity contribution in [1.82, 2.24) is 15.1 Å². The van der Waals surface area contributed by atoms with Crippen LogP contribution in [0.1, 0.15) is 6.42 Å². The Kier molecular flexibility index (Phi) is 2.78. The van der Waals surface area contributed by atoms with Gasteiger partial charge in [0, 0.05) is 36.1 Å². The molecule has 0 atom stereocenters. The molecule has 3 amide bonds. The number of nitrogens with one attached hydrogen (secondary N) is 1. The number of halogens is 1. The second-order valence-electron chi connectivity index (χ2n) is 4.39. The molecule has 1 N–H and O–H groups in total. The summed E-state index contributed by atoms with van der Waals surface area (Å²) >= 11 is 3.44. The molecule has 19 heavy (non-hydrogen) atoms. The van der Waals surface area contributed by atoms with Gasteiger partial charge in [-0.1, -0.05) is 0 Å². The summed E-state index contributed by atoms with van der Waals surface area (Å²) in [4.78, 5) is 24.7. The average molecular weight is 323 g/mol. The molecule has 3 rings (SSSR count). The Labute approximate surface area is 117 Å². The quantitative estimate of drug-likeness (QED) is 0.870. The third-order valence-electron chi connectivity index (χ3n) is 3.06. The zero-order valence-corrected chi connectivity index (χ0v) is 11.8. The minimum absolute atomic E-state index is 0.235. The van der Waals surface area contributed by atoms with Crippen LogP contribution in [0.2, 0.25) is 0 Å². The number of nitrogens with zero attached hydrogens (tertiary/aromatic N) is 3. The number of anilines is 1. The summed E-state index contributed by atoms with van der Waals surface area (Å²) in [5, 5.41) is 7.55. The first-order chi connectivity index (χ1) is 9.06. The zero-order valence-electron chi connectivity index (χ0n) is 10.2. The van der Waals surface area contributed by atoms with E-state index < -0.39 is 0 Å². The molecular weight excluding hydrogens is 312 g/mol. The molecule has 2 aromatic rings. The van der Waals surface area contributed by atoms with Crippen molar-refractivity contribution < 1.29 is 9.59 Å². The van der Waals surface area contributed by atoms with Crippen molar-refractivity contribution in [2.75, 3.05) is 11.4 Å². The number of urea groups is 1. The van der Waals surface area contributed by atoms with E-state index in [9.17, 15) is 9.59 Å². The van der Waals surface area contributed by atoms with Gasteiger partial charge < -0.3 is 0 Å². The van der Waals surface area contributed by atoms with Crippen LogP contribution in [0.5, 0.6) is 0 Å². The molecule has 2 heterocycles. The fourth-order valence-electron chi connectivity index (χ4n) is 2.20. The molecule has 1 saturated heterocycles. The van der Waals surface area contributed by atoms with Crippen LogP contribution in [-0.4, -0.2) is 28.3 Å². The first-order valence-corrected chi connectivity index (χ1v) is 6.59. The van der Waals surface area contributed by atoms with Gasteiger partial charge in [0.1, 0.15) is 5.52 Å². The molecule has 1 aromatic carbocycles. The lowest BCUT2D eigenvalue weighted by atomic mass is 10.2.